The molecule has 0 atom stereocenters. The van der Waals surface area contributed by atoms with Crippen molar-refractivity contribution in [2.45, 2.75) is 0 Å². The number of benzene rings is 2. The Morgan fingerprint density at radius 3 is 2.56 bits per heavy atom. The molecule has 0 bridgehead atoms. The van der Waals surface area contributed by atoms with Gasteiger partial charge in [0.1, 0.15) is 5.75 Å². The molecule has 1 fully saturated rings. The summed E-state index contributed by atoms with van der Waals surface area (Å²) in [7, 11) is 0. The van der Waals surface area contributed by atoms with E-state index in [9.17, 15) is 9.90 Å². The van der Waals surface area contributed by atoms with Crippen LogP contribution in [0.25, 0.3) is 11.4 Å². The summed E-state index contributed by atoms with van der Waals surface area (Å²) >= 11 is 1.38. The fourth-order valence-electron chi connectivity index (χ4n) is 2.94. The van der Waals surface area contributed by atoms with Gasteiger partial charge in [-0.2, -0.15) is 9.36 Å². The van der Waals surface area contributed by atoms with Gasteiger partial charge in [-0.1, -0.05) is 36.4 Å². The van der Waals surface area contributed by atoms with E-state index in [4.69, 9.17) is 0 Å². The fourth-order valence-corrected chi connectivity index (χ4v) is 3.68. The van der Waals surface area contributed by atoms with E-state index in [1.807, 2.05) is 30.3 Å². The van der Waals surface area contributed by atoms with Gasteiger partial charge in [-0.15, -0.1) is 0 Å². The second kappa shape index (κ2) is 7.63. The largest absolute Gasteiger partial charge is 0.508 e. The number of carbonyl (C=O) groups excluding carboxylic acids is 1. The summed E-state index contributed by atoms with van der Waals surface area (Å²) in [6.07, 6.45) is 0. The maximum Gasteiger partial charge on any atom is 0.321 e. The van der Waals surface area contributed by atoms with Crippen molar-refractivity contribution in [3.63, 3.8) is 0 Å². The number of phenolic OH excluding ortho intramolecular Hbond substituents is 1. The zero-order chi connectivity index (χ0) is 18.6. The Morgan fingerprint density at radius 2 is 1.81 bits per heavy atom. The summed E-state index contributed by atoms with van der Waals surface area (Å²) in [6.45, 7) is 2.61. The molecule has 7 nitrogen and oxygen atoms in total. The molecule has 1 aromatic heterocycles. The monoisotopic (exact) mass is 381 g/mol. The van der Waals surface area contributed by atoms with Gasteiger partial charge in [0.2, 0.25) is 5.13 Å². The molecule has 8 heteroatoms. The molecule has 138 valence electrons. The van der Waals surface area contributed by atoms with Gasteiger partial charge >= 0.3 is 6.03 Å². The molecule has 0 radical (unpaired) electrons. The van der Waals surface area contributed by atoms with Gasteiger partial charge in [0, 0.05) is 55.0 Å². The van der Waals surface area contributed by atoms with Crippen molar-refractivity contribution in [3.8, 4) is 17.1 Å². The number of phenols is 1. The summed E-state index contributed by atoms with van der Waals surface area (Å²) in [5, 5.41) is 13.2. The van der Waals surface area contributed by atoms with Crippen molar-refractivity contribution in [1.29, 1.82) is 0 Å². The van der Waals surface area contributed by atoms with Crippen LogP contribution in [0.2, 0.25) is 0 Å². The smallest absolute Gasteiger partial charge is 0.321 e. The first-order valence-electron chi connectivity index (χ1n) is 8.68. The fraction of sp³-hybridized carbons (Fsp3) is 0.211. The third-order valence-corrected chi connectivity index (χ3v) is 5.16. The van der Waals surface area contributed by atoms with Crippen molar-refractivity contribution >= 4 is 28.4 Å². The van der Waals surface area contributed by atoms with Crippen molar-refractivity contribution in [2.75, 3.05) is 36.4 Å². The van der Waals surface area contributed by atoms with E-state index in [-0.39, 0.29) is 11.8 Å². The van der Waals surface area contributed by atoms with E-state index in [1.165, 1.54) is 17.6 Å². The number of urea groups is 1. The van der Waals surface area contributed by atoms with Crippen LogP contribution in [0.4, 0.5) is 15.6 Å². The number of piperazine rings is 1. The molecule has 3 aromatic rings. The number of nitrogens with zero attached hydrogens (tertiary/aromatic N) is 4. The maximum absolute atomic E-state index is 12.4. The van der Waals surface area contributed by atoms with Crippen LogP contribution >= 0.6 is 11.5 Å². The third-order valence-electron chi connectivity index (χ3n) is 4.38. The van der Waals surface area contributed by atoms with E-state index in [0.717, 1.165) is 16.5 Å². The van der Waals surface area contributed by atoms with Crippen LogP contribution in [-0.2, 0) is 0 Å². The Bertz CT molecular complexity index is 923. The molecule has 2 heterocycles. The zero-order valence-corrected chi connectivity index (χ0v) is 15.4. The highest BCUT2D eigenvalue weighted by molar-refractivity contribution is 7.09. The molecule has 27 heavy (non-hydrogen) atoms. The van der Waals surface area contributed by atoms with E-state index in [0.29, 0.717) is 31.9 Å². The summed E-state index contributed by atoms with van der Waals surface area (Å²) in [4.78, 5) is 21.0. The standard InChI is InChI=1S/C19H19N5O2S/c25-16-8-4-7-15(13-16)20-18(26)23-9-11-24(12-10-23)19-21-17(22-27-19)14-5-2-1-3-6-14/h1-8,13,25H,9-12H2,(H,20,26). The molecule has 1 aliphatic heterocycles. The SMILES string of the molecule is O=C(Nc1cccc(O)c1)N1CCN(c2nc(-c3ccccc3)ns2)CC1. The first-order chi connectivity index (χ1) is 13.2. The van der Waals surface area contributed by atoms with Crippen LogP contribution < -0.4 is 10.2 Å². The van der Waals surface area contributed by atoms with E-state index in [2.05, 4.69) is 19.6 Å². The van der Waals surface area contributed by atoms with E-state index < -0.39 is 0 Å². The molecule has 2 aromatic carbocycles. The molecular formula is C19H19N5O2S. The number of aromatic nitrogens is 2. The van der Waals surface area contributed by atoms with Crippen LogP contribution in [0.15, 0.2) is 54.6 Å². The average Bonchev–Trinajstić information content (AvgIpc) is 3.19. The number of amides is 2. The van der Waals surface area contributed by atoms with Gasteiger partial charge in [0.25, 0.3) is 0 Å². The number of hydrogen-bond acceptors (Lipinski definition) is 6. The number of hydrogen-bond donors (Lipinski definition) is 2. The topological polar surface area (TPSA) is 81.6 Å². The maximum atomic E-state index is 12.4. The van der Waals surface area contributed by atoms with Crippen LogP contribution in [0.5, 0.6) is 5.75 Å². The lowest BCUT2D eigenvalue weighted by atomic mass is 10.2. The summed E-state index contributed by atoms with van der Waals surface area (Å²) in [5.74, 6) is 0.864. The lowest BCUT2D eigenvalue weighted by Crippen LogP contribution is -2.50. The van der Waals surface area contributed by atoms with Crippen molar-refractivity contribution in [3.05, 3.63) is 54.6 Å². The minimum atomic E-state index is -0.164. The highest BCUT2D eigenvalue weighted by Crippen LogP contribution is 2.25. The zero-order valence-electron chi connectivity index (χ0n) is 14.6. The molecule has 1 aliphatic rings. The summed E-state index contributed by atoms with van der Waals surface area (Å²) < 4.78 is 4.45. The predicted octanol–water partition coefficient (Wildman–Crippen LogP) is 3.26. The van der Waals surface area contributed by atoms with Crippen LogP contribution in [0, 0.1) is 0 Å². The molecule has 1 saturated heterocycles. The Labute approximate surface area is 161 Å². The van der Waals surface area contributed by atoms with Gasteiger partial charge in [-0.25, -0.2) is 4.79 Å². The van der Waals surface area contributed by atoms with Crippen LogP contribution in [0.3, 0.4) is 0 Å². The minimum absolute atomic E-state index is 0.128. The van der Waals surface area contributed by atoms with Crippen LogP contribution in [-0.4, -0.2) is 51.6 Å². The molecule has 2 amide bonds. The van der Waals surface area contributed by atoms with Crippen molar-refractivity contribution < 1.29 is 9.90 Å². The predicted molar refractivity (Wildman–Crippen MR) is 106 cm³/mol. The first-order valence-corrected chi connectivity index (χ1v) is 9.45. The second-order valence-corrected chi connectivity index (χ2v) is 6.95. The van der Waals surface area contributed by atoms with Crippen LogP contribution in [0.1, 0.15) is 0 Å². The van der Waals surface area contributed by atoms with Gasteiger partial charge in [-0.3, -0.25) is 0 Å². The number of rotatable bonds is 3. The first kappa shape index (κ1) is 17.3. The highest BCUT2D eigenvalue weighted by Gasteiger charge is 2.23. The molecule has 0 spiro atoms. The van der Waals surface area contributed by atoms with Gasteiger partial charge in [-0.05, 0) is 12.1 Å². The normalized spacial score (nSPS) is 14.2. The Kier molecular flexibility index (Phi) is 4.88. The Hall–Kier alpha value is -3.13. The van der Waals surface area contributed by atoms with Gasteiger partial charge < -0.3 is 20.2 Å². The van der Waals surface area contributed by atoms with Gasteiger partial charge in [0.15, 0.2) is 5.82 Å². The molecule has 2 N–H and O–H groups in total. The second-order valence-electron chi connectivity index (χ2n) is 6.22. The summed E-state index contributed by atoms with van der Waals surface area (Å²) in [5.41, 5.74) is 1.59. The summed E-state index contributed by atoms with van der Waals surface area (Å²) in [6, 6.07) is 16.3. The number of anilines is 2. The molecule has 0 aliphatic carbocycles. The molecule has 0 saturated carbocycles. The lowest BCUT2D eigenvalue weighted by molar-refractivity contribution is 0.208. The molecular weight excluding hydrogens is 362 g/mol. The van der Waals surface area contributed by atoms with Crippen molar-refractivity contribution in [2.24, 2.45) is 0 Å². The quantitative estimate of drug-likeness (QED) is 0.728. The van der Waals surface area contributed by atoms with Crippen molar-refractivity contribution in [1.82, 2.24) is 14.3 Å². The van der Waals surface area contributed by atoms with E-state index >= 15 is 0 Å². The Morgan fingerprint density at radius 1 is 1.04 bits per heavy atom. The number of aromatic hydroxyl groups is 1. The minimum Gasteiger partial charge on any atom is -0.508 e. The van der Waals surface area contributed by atoms with Gasteiger partial charge in [0.05, 0.1) is 0 Å². The average molecular weight is 381 g/mol. The lowest BCUT2D eigenvalue weighted by Gasteiger charge is -2.34. The van der Waals surface area contributed by atoms with E-state index in [1.54, 1.807) is 23.1 Å². The molecule has 4 rings (SSSR count). The molecule has 0 unspecified atom stereocenters. The number of nitrogens with one attached hydrogen (secondary N) is 1. The highest BCUT2D eigenvalue weighted by atomic mass is 32.1. The number of carbonyl (C=O) groups is 1. The third kappa shape index (κ3) is 4.01. The Balaban J connectivity index is 1.35.